The normalized spacial score (nSPS) is 11.0. The van der Waals surface area contributed by atoms with E-state index < -0.39 is 0 Å². The molecule has 0 fully saturated rings. The smallest absolute Gasteiger partial charge is 0.0612 e. The van der Waals surface area contributed by atoms with Gasteiger partial charge in [-0.2, -0.15) is 0 Å². The van der Waals surface area contributed by atoms with Crippen LogP contribution in [0.5, 0.6) is 0 Å². The molecule has 0 aliphatic carbocycles. The molecule has 0 atom stereocenters. The standard InChI is InChI=1S/C12H16O/c1-10-6-5-8-12(11(10)2)7-3-4-9-13/h3-6,8,13H,7,9H2,1-2H3. The van der Waals surface area contributed by atoms with Gasteiger partial charge in [-0.05, 0) is 37.0 Å². The molecule has 0 saturated heterocycles. The number of rotatable bonds is 3. The molecule has 0 saturated carbocycles. The zero-order chi connectivity index (χ0) is 9.68. The van der Waals surface area contributed by atoms with Crippen molar-refractivity contribution in [1.82, 2.24) is 0 Å². The Bertz CT molecular complexity index is 300. The van der Waals surface area contributed by atoms with Crippen molar-refractivity contribution >= 4 is 0 Å². The van der Waals surface area contributed by atoms with Gasteiger partial charge in [0, 0.05) is 0 Å². The van der Waals surface area contributed by atoms with Crippen LogP contribution in [0.25, 0.3) is 0 Å². The fourth-order valence-electron chi connectivity index (χ4n) is 1.32. The Morgan fingerprint density at radius 3 is 2.69 bits per heavy atom. The summed E-state index contributed by atoms with van der Waals surface area (Å²) in [7, 11) is 0. The number of hydrogen-bond acceptors (Lipinski definition) is 1. The maximum Gasteiger partial charge on any atom is 0.0612 e. The number of hydrogen-bond donors (Lipinski definition) is 1. The molecule has 0 aromatic heterocycles. The van der Waals surface area contributed by atoms with E-state index in [1.54, 1.807) is 6.08 Å². The lowest BCUT2D eigenvalue weighted by molar-refractivity contribution is 0.342. The molecule has 0 aliphatic heterocycles. The average molecular weight is 176 g/mol. The molecule has 70 valence electrons. The highest BCUT2D eigenvalue weighted by Crippen LogP contribution is 2.13. The molecule has 0 bridgehead atoms. The van der Waals surface area contributed by atoms with Gasteiger partial charge in [-0.15, -0.1) is 0 Å². The first-order valence-corrected chi connectivity index (χ1v) is 4.56. The number of aliphatic hydroxyl groups is 1. The molecular weight excluding hydrogens is 160 g/mol. The van der Waals surface area contributed by atoms with Gasteiger partial charge in [-0.1, -0.05) is 30.4 Å². The van der Waals surface area contributed by atoms with E-state index in [0.29, 0.717) is 0 Å². The third kappa shape index (κ3) is 2.71. The van der Waals surface area contributed by atoms with E-state index >= 15 is 0 Å². The Hall–Kier alpha value is -1.08. The van der Waals surface area contributed by atoms with Crippen molar-refractivity contribution in [3.8, 4) is 0 Å². The number of aryl methyl sites for hydroxylation is 1. The summed E-state index contributed by atoms with van der Waals surface area (Å²) in [5.74, 6) is 0. The van der Waals surface area contributed by atoms with Gasteiger partial charge >= 0.3 is 0 Å². The van der Waals surface area contributed by atoms with Crippen LogP contribution in [-0.4, -0.2) is 11.7 Å². The number of aliphatic hydroxyl groups excluding tert-OH is 1. The molecule has 13 heavy (non-hydrogen) atoms. The second-order valence-corrected chi connectivity index (χ2v) is 3.22. The predicted octanol–water partition coefficient (Wildman–Crippen LogP) is 2.39. The zero-order valence-corrected chi connectivity index (χ0v) is 8.25. The van der Waals surface area contributed by atoms with Gasteiger partial charge in [0.05, 0.1) is 6.61 Å². The summed E-state index contributed by atoms with van der Waals surface area (Å²) in [6.45, 7) is 4.39. The Morgan fingerprint density at radius 2 is 2.00 bits per heavy atom. The Labute approximate surface area is 79.7 Å². The van der Waals surface area contributed by atoms with Crippen LogP contribution in [0.3, 0.4) is 0 Å². The van der Waals surface area contributed by atoms with Crippen LogP contribution in [0.1, 0.15) is 16.7 Å². The molecule has 1 aromatic carbocycles. The summed E-state index contributed by atoms with van der Waals surface area (Å²) < 4.78 is 0. The summed E-state index contributed by atoms with van der Waals surface area (Å²) >= 11 is 0. The van der Waals surface area contributed by atoms with Crippen molar-refractivity contribution in [2.45, 2.75) is 20.3 Å². The first kappa shape index (κ1) is 10.0. The summed E-state index contributed by atoms with van der Waals surface area (Å²) in [6.07, 6.45) is 4.69. The molecule has 1 aromatic rings. The highest BCUT2D eigenvalue weighted by molar-refractivity contribution is 5.34. The molecule has 0 radical (unpaired) electrons. The van der Waals surface area contributed by atoms with Crippen molar-refractivity contribution in [3.63, 3.8) is 0 Å². The summed E-state index contributed by atoms with van der Waals surface area (Å²) in [5, 5.41) is 8.58. The van der Waals surface area contributed by atoms with Crippen molar-refractivity contribution in [2.75, 3.05) is 6.61 Å². The third-order valence-corrected chi connectivity index (χ3v) is 2.33. The molecule has 0 amide bonds. The van der Waals surface area contributed by atoms with E-state index in [-0.39, 0.29) is 6.61 Å². The monoisotopic (exact) mass is 176 g/mol. The van der Waals surface area contributed by atoms with Crippen molar-refractivity contribution in [1.29, 1.82) is 0 Å². The maximum atomic E-state index is 8.58. The molecule has 1 nitrogen and oxygen atoms in total. The molecule has 0 aliphatic rings. The van der Waals surface area contributed by atoms with Crippen LogP contribution < -0.4 is 0 Å². The highest BCUT2D eigenvalue weighted by Gasteiger charge is 1.97. The lowest BCUT2D eigenvalue weighted by atomic mass is 10.0. The van der Waals surface area contributed by atoms with Crippen LogP contribution in [0.2, 0.25) is 0 Å². The van der Waals surface area contributed by atoms with E-state index in [0.717, 1.165) is 6.42 Å². The van der Waals surface area contributed by atoms with Gasteiger partial charge < -0.3 is 5.11 Å². The van der Waals surface area contributed by atoms with Gasteiger partial charge in [-0.3, -0.25) is 0 Å². The second kappa shape index (κ2) is 4.83. The number of allylic oxidation sites excluding steroid dienone is 1. The van der Waals surface area contributed by atoms with E-state index in [1.807, 2.05) is 6.08 Å². The summed E-state index contributed by atoms with van der Waals surface area (Å²) in [6, 6.07) is 6.32. The van der Waals surface area contributed by atoms with Crippen LogP contribution in [0.4, 0.5) is 0 Å². The SMILES string of the molecule is Cc1cccc(CC=CCO)c1C. The van der Waals surface area contributed by atoms with Gasteiger partial charge in [-0.25, -0.2) is 0 Å². The second-order valence-electron chi connectivity index (χ2n) is 3.22. The number of benzene rings is 1. The van der Waals surface area contributed by atoms with Crippen molar-refractivity contribution < 1.29 is 5.11 Å². The van der Waals surface area contributed by atoms with Crippen molar-refractivity contribution in [3.05, 3.63) is 47.0 Å². The van der Waals surface area contributed by atoms with Crippen molar-refractivity contribution in [2.24, 2.45) is 0 Å². The zero-order valence-electron chi connectivity index (χ0n) is 8.25. The largest absolute Gasteiger partial charge is 0.392 e. The van der Waals surface area contributed by atoms with Crippen LogP contribution in [0, 0.1) is 13.8 Å². The third-order valence-electron chi connectivity index (χ3n) is 2.33. The quantitative estimate of drug-likeness (QED) is 0.701. The molecule has 0 heterocycles. The average Bonchev–Trinajstić information content (AvgIpc) is 2.13. The van der Waals surface area contributed by atoms with Gasteiger partial charge in [0.2, 0.25) is 0 Å². The minimum Gasteiger partial charge on any atom is -0.392 e. The van der Waals surface area contributed by atoms with Crippen LogP contribution in [-0.2, 0) is 6.42 Å². The lowest BCUT2D eigenvalue weighted by Gasteiger charge is -2.05. The Balaban J connectivity index is 2.77. The van der Waals surface area contributed by atoms with E-state index in [2.05, 4.69) is 32.0 Å². The fraction of sp³-hybridized carbons (Fsp3) is 0.333. The van der Waals surface area contributed by atoms with Gasteiger partial charge in [0.25, 0.3) is 0 Å². The summed E-state index contributed by atoms with van der Waals surface area (Å²) in [5.41, 5.74) is 4.02. The first-order chi connectivity index (χ1) is 6.25. The van der Waals surface area contributed by atoms with E-state index in [1.165, 1.54) is 16.7 Å². The maximum absolute atomic E-state index is 8.58. The van der Waals surface area contributed by atoms with E-state index in [9.17, 15) is 0 Å². The first-order valence-electron chi connectivity index (χ1n) is 4.56. The fourth-order valence-corrected chi connectivity index (χ4v) is 1.32. The predicted molar refractivity (Wildman–Crippen MR) is 55.8 cm³/mol. The van der Waals surface area contributed by atoms with Gasteiger partial charge in [0.15, 0.2) is 0 Å². The summed E-state index contributed by atoms with van der Waals surface area (Å²) in [4.78, 5) is 0. The van der Waals surface area contributed by atoms with Crippen LogP contribution in [0.15, 0.2) is 30.4 Å². The molecule has 0 unspecified atom stereocenters. The highest BCUT2D eigenvalue weighted by atomic mass is 16.2. The minimum absolute atomic E-state index is 0.130. The Kier molecular flexibility index (Phi) is 3.71. The molecular formula is C12H16O. The minimum atomic E-state index is 0.130. The molecule has 1 heteroatoms. The molecule has 1 rings (SSSR count). The van der Waals surface area contributed by atoms with Crippen LogP contribution >= 0.6 is 0 Å². The molecule has 1 N–H and O–H groups in total. The lowest BCUT2D eigenvalue weighted by Crippen LogP contribution is -1.90. The van der Waals surface area contributed by atoms with E-state index in [4.69, 9.17) is 5.11 Å². The Morgan fingerprint density at radius 1 is 1.23 bits per heavy atom. The molecule has 0 spiro atoms. The van der Waals surface area contributed by atoms with Gasteiger partial charge in [0.1, 0.15) is 0 Å². The topological polar surface area (TPSA) is 20.2 Å².